The average molecular weight is 228 g/mol. The van der Waals surface area contributed by atoms with Crippen LogP contribution in [0.5, 0.6) is 0 Å². The third kappa shape index (κ3) is 2.02. The zero-order valence-corrected chi connectivity index (χ0v) is 9.98. The lowest BCUT2D eigenvalue weighted by Gasteiger charge is -2.20. The molecular weight excluding hydrogens is 212 g/mol. The first-order chi connectivity index (χ1) is 8.33. The van der Waals surface area contributed by atoms with Crippen LogP contribution in [-0.4, -0.2) is 21.5 Å². The molecule has 0 amide bonds. The van der Waals surface area contributed by atoms with Crippen LogP contribution < -0.4 is 5.32 Å². The van der Waals surface area contributed by atoms with Gasteiger partial charge < -0.3 is 5.32 Å². The standard InChI is InChI=1S/C13H16N4/c1-17-9-12(15-16-17)8-11-5-2-4-10-6-3-7-14-13(10)11/h2,4-5,9,14H,3,6-8H2,1H3. The Bertz CT molecular complexity index is 530. The Morgan fingerprint density at radius 3 is 3.18 bits per heavy atom. The molecule has 1 aromatic heterocycles. The predicted molar refractivity (Wildman–Crippen MR) is 67.1 cm³/mol. The number of benzene rings is 1. The molecule has 0 fully saturated rings. The van der Waals surface area contributed by atoms with Gasteiger partial charge in [0, 0.05) is 31.9 Å². The second-order valence-corrected chi connectivity index (χ2v) is 4.54. The second-order valence-electron chi connectivity index (χ2n) is 4.54. The maximum absolute atomic E-state index is 4.15. The molecule has 1 aromatic carbocycles. The van der Waals surface area contributed by atoms with Crippen molar-refractivity contribution in [1.29, 1.82) is 0 Å². The summed E-state index contributed by atoms with van der Waals surface area (Å²) < 4.78 is 1.75. The fraction of sp³-hybridized carbons (Fsp3) is 0.385. The summed E-state index contributed by atoms with van der Waals surface area (Å²) in [5.74, 6) is 0. The maximum Gasteiger partial charge on any atom is 0.0871 e. The Morgan fingerprint density at radius 2 is 2.35 bits per heavy atom. The highest BCUT2D eigenvalue weighted by Gasteiger charge is 2.13. The van der Waals surface area contributed by atoms with Crippen LogP contribution in [0.4, 0.5) is 5.69 Å². The number of hydrogen-bond acceptors (Lipinski definition) is 3. The van der Waals surface area contributed by atoms with Gasteiger partial charge in [-0.15, -0.1) is 5.10 Å². The molecule has 17 heavy (non-hydrogen) atoms. The normalized spacial score (nSPS) is 14.2. The molecule has 0 atom stereocenters. The SMILES string of the molecule is Cn1cc(Cc2cccc3c2NCCC3)nn1. The molecule has 0 radical (unpaired) electrons. The number of fused-ring (bicyclic) bond motifs is 1. The molecule has 0 aliphatic carbocycles. The summed E-state index contributed by atoms with van der Waals surface area (Å²) in [5, 5.41) is 11.6. The highest BCUT2D eigenvalue weighted by Crippen LogP contribution is 2.27. The molecule has 0 unspecified atom stereocenters. The maximum atomic E-state index is 4.15. The van der Waals surface area contributed by atoms with Gasteiger partial charge in [-0.2, -0.15) is 0 Å². The Labute approximate surface area is 101 Å². The van der Waals surface area contributed by atoms with Crippen molar-refractivity contribution in [3.63, 3.8) is 0 Å². The Balaban J connectivity index is 1.92. The van der Waals surface area contributed by atoms with Crippen LogP contribution in [0.1, 0.15) is 23.2 Å². The van der Waals surface area contributed by atoms with Crippen LogP contribution in [-0.2, 0) is 19.9 Å². The van der Waals surface area contributed by atoms with Crippen molar-refractivity contribution in [1.82, 2.24) is 15.0 Å². The summed E-state index contributed by atoms with van der Waals surface area (Å²) in [6.45, 7) is 1.07. The van der Waals surface area contributed by atoms with Gasteiger partial charge in [-0.05, 0) is 24.0 Å². The molecule has 2 heterocycles. The van der Waals surface area contributed by atoms with E-state index in [9.17, 15) is 0 Å². The smallest absolute Gasteiger partial charge is 0.0871 e. The molecule has 0 spiro atoms. The van der Waals surface area contributed by atoms with Crippen LogP contribution in [0.15, 0.2) is 24.4 Å². The Hall–Kier alpha value is -1.84. The van der Waals surface area contributed by atoms with E-state index in [-0.39, 0.29) is 0 Å². The Morgan fingerprint density at radius 1 is 1.41 bits per heavy atom. The number of para-hydroxylation sites is 1. The number of anilines is 1. The largest absolute Gasteiger partial charge is 0.385 e. The monoisotopic (exact) mass is 228 g/mol. The zero-order valence-electron chi connectivity index (χ0n) is 9.98. The molecule has 1 aliphatic heterocycles. The minimum atomic E-state index is 0.851. The fourth-order valence-corrected chi connectivity index (χ4v) is 2.40. The molecule has 1 N–H and O–H groups in total. The number of nitrogens with zero attached hydrogens (tertiary/aromatic N) is 3. The number of aryl methyl sites for hydroxylation is 2. The molecule has 0 saturated carbocycles. The van der Waals surface area contributed by atoms with E-state index >= 15 is 0 Å². The second kappa shape index (κ2) is 4.20. The molecule has 88 valence electrons. The molecule has 4 nitrogen and oxygen atoms in total. The predicted octanol–water partition coefficient (Wildman–Crippen LogP) is 1.76. The zero-order chi connectivity index (χ0) is 11.7. The van der Waals surface area contributed by atoms with Gasteiger partial charge in [-0.1, -0.05) is 23.4 Å². The van der Waals surface area contributed by atoms with Crippen LogP contribution in [0, 0.1) is 0 Å². The number of rotatable bonds is 2. The molecule has 0 saturated heterocycles. The average Bonchev–Trinajstić information content (AvgIpc) is 2.75. The van der Waals surface area contributed by atoms with Gasteiger partial charge in [-0.25, -0.2) is 0 Å². The third-order valence-electron chi connectivity index (χ3n) is 3.18. The van der Waals surface area contributed by atoms with Gasteiger partial charge in [0.15, 0.2) is 0 Å². The van der Waals surface area contributed by atoms with Gasteiger partial charge in [0.1, 0.15) is 0 Å². The summed E-state index contributed by atoms with van der Waals surface area (Å²) in [5.41, 5.74) is 5.08. The van der Waals surface area contributed by atoms with E-state index in [2.05, 4.69) is 33.8 Å². The highest BCUT2D eigenvalue weighted by atomic mass is 15.4. The first-order valence-electron chi connectivity index (χ1n) is 6.03. The highest BCUT2D eigenvalue weighted by molar-refractivity contribution is 5.59. The van der Waals surface area contributed by atoms with Crippen molar-refractivity contribution < 1.29 is 0 Å². The van der Waals surface area contributed by atoms with E-state index in [4.69, 9.17) is 0 Å². The molecule has 0 bridgehead atoms. The summed E-state index contributed by atoms with van der Waals surface area (Å²) >= 11 is 0. The third-order valence-corrected chi connectivity index (χ3v) is 3.18. The van der Waals surface area contributed by atoms with Gasteiger partial charge in [0.25, 0.3) is 0 Å². The first kappa shape index (κ1) is 10.3. The molecular formula is C13H16N4. The van der Waals surface area contributed by atoms with Crippen molar-refractivity contribution in [3.8, 4) is 0 Å². The fourth-order valence-electron chi connectivity index (χ4n) is 2.40. The van der Waals surface area contributed by atoms with E-state index in [0.717, 1.165) is 18.7 Å². The molecule has 1 aliphatic rings. The lowest BCUT2D eigenvalue weighted by molar-refractivity contribution is 0.713. The number of hydrogen-bond donors (Lipinski definition) is 1. The van der Waals surface area contributed by atoms with Crippen LogP contribution in [0.2, 0.25) is 0 Å². The van der Waals surface area contributed by atoms with E-state index in [1.807, 2.05) is 13.2 Å². The van der Waals surface area contributed by atoms with Crippen LogP contribution >= 0.6 is 0 Å². The van der Waals surface area contributed by atoms with E-state index in [1.165, 1.54) is 29.7 Å². The first-order valence-corrected chi connectivity index (χ1v) is 6.03. The summed E-state index contributed by atoms with van der Waals surface area (Å²) in [6, 6.07) is 6.52. The van der Waals surface area contributed by atoms with Crippen molar-refractivity contribution in [2.45, 2.75) is 19.3 Å². The summed E-state index contributed by atoms with van der Waals surface area (Å²) in [6.07, 6.45) is 5.23. The van der Waals surface area contributed by atoms with Crippen molar-refractivity contribution >= 4 is 5.69 Å². The summed E-state index contributed by atoms with van der Waals surface area (Å²) in [4.78, 5) is 0. The van der Waals surface area contributed by atoms with E-state index < -0.39 is 0 Å². The van der Waals surface area contributed by atoms with Gasteiger partial charge in [0.05, 0.1) is 5.69 Å². The number of nitrogens with one attached hydrogen (secondary N) is 1. The van der Waals surface area contributed by atoms with Crippen molar-refractivity contribution in [2.24, 2.45) is 7.05 Å². The van der Waals surface area contributed by atoms with Crippen LogP contribution in [0.25, 0.3) is 0 Å². The van der Waals surface area contributed by atoms with Crippen LogP contribution in [0.3, 0.4) is 0 Å². The van der Waals surface area contributed by atoms with Crippen molar-refractivity contribution in [3.05, 3.63) is 41.2 Å². The van der Waals surface area contributed by atoms with E-state index in [0.29, 0.717) is 0 Å². The van der Waals surface area contributed by atoms with E-state index in [1.54, 1.807) is 4.68 Å². The topological polar surface area (TPSA) is 42.7 Å². The van der Waals surface area contributed by atoms with Gasteiger partial charge in [-0.3, -0.25) is 4.68 Å². The lowest BCUT2D eigenvalue weighted by atomic mass is 9.97. The molecule has 3 rings (SSSR count). The molecule has 4 heteroatoms. The minimum Gasteiger partial charge on any atom is -0.385 e. The quantitative estimate of drug-likeness (QED) is 0.851. The minimum absolute atomic E-state index is 0.851. The van der Waals surface area contributed by atoms with Gasteiger partial charge >= 0.3 is 0 Å². The number of aromatic nitrogens is 3. The van der Waals surface area contributed by atoms with Crippen molar-refractivity contribution in [2.75, 3.05) is 11.9 Å². The van der Waals surface area contributed by atoms with Gasteiger partial charge in [0.2, 0.25) is 0 Å². The lowest BCUT2D eigenvalue weighted by Crippen LogP contribution is -2.13. The molecule has 2 aromatic rings. The summed E-state index contributed by atoms with van der Waals surface area (Å²) in [7, 11) is 1.90. The Kier molecular flexibility index (Phi) is 2.55.